The first-order chi connectivity index (χ1) is 55.9. The molecule has 0 bridgehead atoms. The molecule has 14 heterocycles. The number of aliphatic carboxylic acids is 1. The van der Waals surface area contributed by atoms with Crippen LogP contribution in [0.2, 0.25) is 0 Å². The molecular weight excluding hydrogens is 1730 g/mol. The molecule has 0 saturated carbocycles. The number of nitrogens with one attached hydrogen (secondary N) is 2. The predicted octanol–water partition coefficient (Wildman–Crippen LogP) is 20.2. The minimum atomic E-state index is -1.20. The Balaban J connectivity index is 0.000000472. The second-order valence-corrected chi connectivity index (χ2v) is 30.3. The van der Waals surface area contributed by atoms with E-state index in [4.69, 9.17) is 38.8 Å². The molecule has 119 heavy (non-hydrogen) atoms. The molecule has 0 fully saturated rings. The smallest absolute Gasteiger partial charge is 0.305 e. The number of aromatic nitrogens is 14. The lowest BCUT2D eigenvalue weighted by atomic mass is 10.2. The average Bonchev–Trinajstić information content (AvgIpc) is 0.761. The number of anilines is 2. The Morgan fingerprint density at radius 2 is 0.731 bits per heavy atom. The Hall–Kier alpha value is -12.3. The van der Waals surface area contributed by atoms with Crippen molar-refractivity contribution in [3.05, 3.63) is 330 Å². The van der Waals surface area contributed by atoms with E-state index in [-0.39, 0.29) is 53.2 Å². The molecule has 14 aromatic heterocycles. The standard InChI is InChI=1S/C17H21N3O2.C16H19N3O2.C10H8BrN2O.C10H7BrN2.C10H8N3O3.C10H9N2O.C10H8N2.2CH4.B.Cl3P.FH.H2/c1-22-17(21)8-3-2-5-10-18-14-9-12-20-16(13-14)15-7-4-6-11-19-15;20-16(21)7-2-1-4-9-17-13-8-11-19-15(12-13)14-6-3-5-10-18-14;11-8-4-6-13(14)10(7-8)9-3-1-2-5-12-9;11-8-4-6-13-10(7-8)9-3-1-2-5-12-9;14-12-6-4-8(13(15)16)7-10(12)9-3-1-2-5-11-9;13-12-8-4-2-6-10(12)9-5-1-3-7-11-9;1-3-7-11-9(5-1)10-6-2-4-8-12-10;;;;1-4(2)3;;/h4,6-7,9,11-13H,2-3,5,8,10H2,1H3,(H,18,20);3,5-6,8,10-12H,1-2,4,7,9H2,(H,17,19)(H,20,21);1-7,14H;1-7H;1-7,14H;1-8,13H;1-8H;2*1H4;;;2*1H/q;;+1;;2*+1;;;;;;;/i;;;;;;;;;;;;1+1. The van der Waals surface area contributed by atoms with Crippen LogP contribution in [0.4, 0.5) is 21.8 Å². The van der Waals surface area contributed by atoms with E-state index in [1.807, 2.05) is 182 Å². The molecule has 0 aliphatic rings. The monoisotopic (exact) mass is 1820 g/mol. The Morgan fingerprint density at radius 3 is 1.09 bits per heavy atom. The van der Waals surface area contributed by atoms with Crippen molar-refractivity contribution < 1.29 is 60.3 Å². The van der Waals surface area contributed by atoms with Crippen molar-refractivity contribution in [2.75, 3.05) is 30.8 Å². The maximum atomic E-state index is 11.0. The first-order valence-electron chi connectivity index (χ1n) is 35.3. The molecule has 26 nitrogen and oxygen atoms in total. The van der Waals surface area contributed by atoms with Crippen LogP contribution in [0.1, 0.15) is 67.6 Å². The molecule has 6 N–H and O–H groups in total. The number of methoxy groups -OCH3 is 1. The van der Waals surface area contributed by atoms with Crippen LogP contribution in [-0.2, 0) is 14.3 Å². The quantitative estimate of drug-likeness (QED) is 0.00536. The molecule has 0 spiro atoms. The van der Waals surface area contributed by atoms with Crippen molar-refractivity contribution in [3.63, 3.8) is 0 Å². The van der Waals surface area contributed by atoms with E-state index in [1.54, 1.807) is 111 Å². The highest BCUT2D eigenvalue weighted by Gasteiger charge is 2.20. The summed E-state index contributed by atoms with van der Waals surface area (Å²) in [6.45, 7) is 1.69. The Bertz CT molecular complexity index is 5130. The summed E-state index contributed by atoms with van der Waals surface area (Å²) in [5.41, 5.74) is 12.5. The fourth-order valence-electron chi connectivity index (χ4n) is 9.82. The van der Waals surface area contributed by atoms with E-state index >= 15 is 0 Å². The molecule has 617 valence electrons. The molecule has 0 atom stereocenters. The van der Waals surface area contributed by atoms with Crippen molar-refractivity contribution in [1.29, 1.82) is 0 Å². The van der Waals surface area contributed by atoms with Crippen LogP contribution in [0.25, 0.3) is 79.7 Å². The molecule has 14 rings (SSSR count). The number of esters is 1. The van der Waals surface area contributed by atoms with E-state index in [1.165, 1.54) is 25.4 Å². The third-order valence-corrected chi connectivity index (χ3v) is 16.3. The number of hydrogen-bond acceptors (Lipinski definition) is 21. The van der Waals surface area contributed by atoms with Gasteiger partial charge in [0.05, 0.1) is 69.7 Å². The second-order valence-electron chi connectivity index (χ2n) is 23.5. The van der Waals surface area contributed by atoms with Gasteiger partial charge in [-0.25, -0.2) is 15.0 Å². The predicted molar refractivity (Wildman–Crippen MR) is 475 cm³/mol. The number of ether oxygens (including phenoxy) is 1. The van der Waals surface area contributed by atoms with Gasteiger partial charge in [-0.1, -0.05) is 142 Å². The maximum Gasteiger partial charge on any atom is 0.305 e. The van der Waals surface area contributed by atoms with Gasteiger partial charge in [0.15, 0.2) is 5.98 Å². The lowest BCUT2D eigenvalue weighted by Crippen LogP contribution is -2.32. The first kappa shape index (κ1) is 101. The van der Waals surface area contributed by atoms with Gasteiger partial charge in [0.25, 0.3) is 22.8 Å². The highest BCUT2D eigenvalue weighted by molar-refractivity contribution is 9.10. The van der Waals surface area contributed by atoms with Crippen molar-refractivity contribution in [3.8, 4) is 79.7 Å². The minimum Gasteiger partial charge on any atom is -0.481 e. The Morgan fingerprint density at radius 1 is 0.412 bits per heavy atom. The zero-order chi connectivity index (χ0) is 82.0. The first-order valence-corrected chi connectivity index (χ1v) is 41.0. The van der Waals surface area contributed by atoms with Crippen LogP contribution in [0.3, 0.4) is 0 Å². The van der Waals surface area contributed by atoms with Gasteiger partial charge in [-0.05, 0) is 165 Å². The zero-order valence-electron chi connectivity index (χ0n) is 62.9. The zero-order valence-corrected chi connectivity index (χ0v) is 69.2. The molecule has 0 amide bonds. The highest BCUT2D eigenvalue weighted by Crippen LogP contribution is 2.51. The van der Waals surface area contributed by atoms with Gasteiger partial charge in [-0.2, -0.15) is 0 Å². The minimum absolute atomic E-state index is 0. The van der Waals surface area contributed by atoms with Crippen LogP contribution < -0.4 is 24.8 Å². The summed E-state index contributed by atoms with van der Waals surface area (Å²) in [6.07, 6.45) is 29.6. The van der Waals surface area contributed by atoms with Crippen LogP contribution >= 0.6 is 71.6 Å². The summed E-state index contributed by atoms with van der Waals surface area (Å²) in [7, 11) is 1.42. The summed E-state index contributed by atoms with van der Waals surface area (Å²) in [5.74, 6) is -2.07. The summed E-state index contributed by atoms with van der Waals surface area (Å²) >= 11 is 21.3. The number of pyridine rings is 14. The number of unbranched alkanes of at least 4 members (excludes halogenated alkanes) is 4. The van der Waals surface area contributed by atoms with E-state index in [0.29, 0.717) is 23.5 Å². The molecular formula is C85H91BBr2Cl3FN17O9P+3. The number of rotatable bonds is 22. The van der Waals surface area contributed by atoms with Crippen LogP contribution in [0.15, 0.2) is 320 Å². The highest BCUT2D eigenvalue weighted by atomic mass is 79.9. The molecule has 34 heteroatoms. The number of nitrogens with zero attached hydrogens (tertiary/aromatic N) is 15. The number of carboxylic acid groups (broad SMARTS) is 1. The van der Waals surface area contributed by atoms with Gasteiger partial charge in [-0.3, -0.25) is 79.9 Å². The van der Waals surface area contributed by atoms with Crippen molar-refractivity contribution in [2.45, 2.75) is 66.2 Å². The fourth-order valence-corrected chi connectivity index (χ4v) is 10.5. The van der Waals surface area contributed by atoms with Gasteiger partial charge in [0, 0.05) is 163 Å². The van der Waals surface area contributed by atoms with Gasteiger partial charge in [0.1, 0.15) is 17.1 Å². The Labute approximate surface area is 726 Å². The van der Waals surface area contributed by atoms with E-state index in [2.05, 4.69) is 102 Å². The van der Waals surface area contributed by atoms with Crippen molar-refractivity contribution in [1.82, 2.24) is 54.8 Å². The van der Waals surface area contributed by atoms with Crippen LogP contribution in [0, 0.1) is 10.1 Å². The van der Waals surface area contributed by atoms with Gasteiger partial charge >= 0.3 is 11.9 Å². The number of carboxylic acids is 1. The normalized spacial score (nSPS) is 9.67. The van der Waals surface area contributed by atoms with E-state index < -0.39 is 16.9 Å². The molecule has 3 radical (unpaired) electrons. The summed E-state index contributed by atoms with van der Waals surface area (Å²) in [5, 5.41) is 54.4. The third kappa shape index (κ3) is 39.0. The molecule has 0 aromatic carbocycles. The molecule has 0 saturated heterocycles. The SMILES string of the molecule is Brc1ccnc(-c2ccccn2)c1.C.C.COC(=O)CCCCCNc1ccnc(-c2ccccn2)c1.ClP(Cl)Cl.F.O=C(O)CCCCCNc1ccnc(-c2ccccn2)c1.O=[N+]([O-])c1cc[n+](O)c(-c2ccccn2)c1.O[n+]1ccc(Br)cc1-c1ccccn1.O[n+]1ccccc1-c1ccccn1.[2HH].[B].c1ccc(-c2ccccn2)nc1. The van der Waals surface area contributed by atoms with Crippen molar-refractivity contribution >= 4 is 109 Å². The Kier molecular flexibility index (Phi) is 49.6. The molecule has 0 unspecified atom stereocenters. The third-order valence-electron chi connectivity index (χ3n) is 15.3. The van der Waals surface area contributed by atoms with Gasteiger partial charge in [-0.15, -0.1) is 0 Å². The van der Waals surface area contributed by atoms with Crippen LogP contribution in [-0.4, -0.2) is 121 Å². The molecule has 0 aliphatic heterocycles. The average molecular weight is 1820 g/mol. The van der Waals surface area contributed by atoms with Gasteiger partial charge in [0.2, 0.25) is 18.6 Å². The molecule has 14 aromatic rings. The summed E-state index contributed by atoms with van der Waals surface area (Å²) < 4.78 is 9.44. The maximum absolute atomic E-state index is 11.0. The largest absolute Gasteiger partial charge is 0.481 e. The topological polar surface area (TPSA) is 345 Å². The number of carbonyl (C=O) groups excluding carboxylic acids is 1. The summed E-state index contributed by atoms with van der Waals surface area (Å²) in [6, 6.07) is 68.3. The number of nitro groups is 1. The van der Waals surface area contributed by atoms with Gasteiger partial charge < -0.3 is 20.5 Å². The lowest BCUT2D eigenvalue weighted by Gasteiger charge is -2.07. The summed E-state index contributed by atoms with van der Waals surface area (Å²) in [4.78, 5) is 77.8. The fraction of sp³-hybridized carbons (Fsp3) is 0.153. The molecule has 0 aliphatic carbocycles. The van der Waals surface area contributed by atoms with E-state index in [0.717, 1.165) is 143 Å². The number of halogens is 6. The number of carbonyl (C=O) groups is 2. The van der Waals surface area contributed by atoms with Crippen molar-refractivity contribution in [2.24, 2.45) is 0 Å². The second kappa shape index (κ2) is 58.5. The van der Waals surface area contributed by atoms with Crippen LogP contribution in [0.5, 0.6) is 0 Å². The van der Waals surface area contributed by atoms with E-state index in [9.17, 15) is 35.3 Å². The lowest BCUT2D eigenvalue weighted by molar-refractivity contribution is -0.896. The number of hydrogen-bond donors (Lipinski definition) is 6.